The summed E-state index contributed by atoms with van der Waals surface area (Å²) < 4.78 is 1.00. The largest absolute Gasteiger partial charge is 0.389 e. The Labute approximate surface area is 140 Å². The third kappa shape index (κ3) is 3.11. The summed E-state index contributed by atoms with van der Waals surface area (Å²) >= 11 is 18.6. The normalized spacial score (nSPS) is 10.8. The molecule has 21 heavy (non-hydrogen) atoms. The van der Waals surface area contributed by atoms with Crippen LogP contribution in [-0.2, 0) is 0 Å². The quantitative estimate of drug-likeness (QED) is 0.651. The molecule has 0 aliphatic carbocycles. The van der Waals surface area contributed by atoms with E-state index in [9.17, 15) is 0 Å². The van der Waals surface area contributed by atoms with Gasteiger partial charge in [0.05, 0.1) is 15.9 Å². The van der Waals surface area contributed by atoms with Gasteiger partial charge in [-0.15, -0.1) is 0 Å². The molecule has 106 valence electrons. The van der Waals surface area contributed by atoms with E-state index in [2.05, 4.69) is 10.3 Å². The van der Waals surface area contributed by atoms with Crippen LogP contribution in [0.4, 0.5) is 10.8 Å². The third-order valence-electron chi connectivity index (χ3n) is 2.84. The molecule has 3 aromatic rings. The maximum atomic E-state index is 6.03. The van der Waals surface area contributed by atoms with Gasteiger partial charge in [0.1, 0.15) is 4.99 Å². The highest BCUT2D eigenvalue weighted by Crippen LogP contribution is 2.32. The van der Waals surface area contributed by atoms with Crippen LogP contribution in [0.1, 0.15) is 5.56 Å². The monoisotopic (exact) mass is 353 g/mol. The number of rotatable bonds is 3. The molecule has 0 unspecified atom stereocenters. The second-order valence-corrected chi connectivity index (χ2v) is 6.65. The molecule has 1 heterocycles. The number of benzene rings is 2. The molecule has 0 spiro atoms. The number of nitrogens with two attached hydrogens (primary N) is 1. The zero-order valence-corrected chi connectivity index (χ0v) is 13.7. The number of hydrogen-bond donors (Lipinski definition) is 2. The minimum Gasteiger partial charge on any atom is -0.389 e. The fourth-order valence-corrected chi connectivity index (χ4v) is 3.41. The first kappa shape index (κ1) is 14.5. The first-order chi connectivity index (χ1) is 10.0. The molecule has 0 radical (unpaired) electrons. The molecule has 0 saturated heterocycles. The van der Waals surface area contributed by atoms with Crippen molar-refractivity contribution in [2.24, 2.45) is 5.73 Å². The average Bonchev–Trinajstić information content (AvgIpc) is 2.79. The van der Waals surface area contributed by atoms with E-state index in [1.54, 1.807) is 18.2 Å². The van der Waals surface area contributed by atoms with Crippen molar-refractivity contribution in [3.8, 4) is 0 Å². The van der Waals surface area contributed by atoms with Gasteiger partial charge in [0.25, 0.3) is 0 Å². The smallest absolute Gasteiger partial charge is 0.188 e. The Morgan fingerprint density at radius 3 is 2.62 bits per heavy atom. The van der Waals surface area contributed by atoms with E-state index >= 15 is 0 Å². The van der Waals surface area contributed by atoms with Crippen LogP contribution in [0.15, 0.2) is 36.4 Å². The van der Waals surface area contributed by atoms with E-state index in [0.29, 0.717) is 15.0 Å². The van der Waals surface area contributed by atoms with Gasteiger partial charge in [-0.1, -0.05) is 46.8 Å². The highest BCUT2D eigenvalue weighted by atomic mass is 35.5. The second-order valence-electron chi connectivity index (χ2n) is 4.31. The molecule has 7 heteroatoms. The summed E-state index contributed by atoms with van der Waals surface area (Å²) in [7, 11) is 0. The average molecular weight is 354 g/mol. The van der Waals surface area contributed by atoms with Crippen molar-refractivity contribution in [3.05, 3.63) is 52.0 Å². The van der Waals surface area contributed by atoms with Gasteiger partial charge in [0.2, 0.25) is 0 Å². The first-order valence-electron chi connectivity index (χ1n) is 5.95. The van der Waals surface area contributed by atoms with Crippen LogP contribution >= 0.6 is 46.8 Å². The molecule has 0 aliphatic rings. The number of nitrogens with zero attached hydrogens (tertiary/aromatic N) is 1. The maximum absolute atomic E-state index is 6.03. The van der Waals surface area contributed by atoms with E-state index in [1.807, 2.05) is 18.2 Å². The zero-order valence-electron chi connectivity index (χ0n) is 10.6. The van der Waals surface area contributed by atoms with Crippen molar-refractivity contribution >= 4 is 72.8 Å². The van der Waals surface area contributed by atoms with Gasteiger partial charge in [-0.3, -0.25) is 0 Å². The van der Waals surface area contributed by atoms with Crippen molar-refractivity contribution in [1.29, 1.82) is 0 Å². The summed E-state index contributed by atoms with van der Waals surface area (Å²) in [5.41, 5.74) is 8.07. The van der Waals surface area contributed by atoms with Crippen LogP contribution in [0.25, 0.3) is 10.2 Å². The summed E-state index contributed by atoms with van der Waals surface area (Å²) in [4.78, 5) is 4.80. The lowest BCUT2D eigenvalue weighted by atomic mass is 10.2. The minimum absolute atomic E-state index is 0.304. The van der Waals surface area contributed by atoms with Crippen molar-refractivity contribution in [3.63, 3.8) is 0 Å². The third-order valence-corrected chi connectivity index (χ3v) is 4.46. The summed E-state index contributed by atoms with van der Waals surface area (Å²) in [6.45, 7) is 0. The first-order valence-corrected chi connectivity index (χ1v) is 7.93. The van der Waals surface area contributed by atoms with E-state index in [0.717, 1.165) is 26.6 Å². The van der Waals surface area contributed by atoms with E-state index in [1.165, 1.54) is 11.3 Å². The molecule has 0 bridgehead atoms. The van der Waals surface area contributed by atoms with Gasteiger partial charge in [-0.25, -0.2) is 4.98 Å². The van der Waals surface area contributed by atoms with Crippen LogP contribution in [0, 0.1) is 0 Å². The van der Waals surface area contributed by atoms with E-state index < -0.39 is 0 Å². The second kappa shape index (κ2) is 5.77. The highest BCUT2D eigenvalue weighted by Gasteiger charge is 2.10. The van der Waals surface area contributed by atoms with Gasteiger partial charge in [0, 0.05) is 15.6 Å². The zero-order chi connectivity index (χ0) is 15.0. The maximum Gasteiger partial charge on any atom is 0.188 e. The Morgan fingerprint density at radius 1 is 1.14 bits per heavy atom. The van der Waals surface area contributed by atoms with E-state index in [4.69, 9.17) is 41.2 Å². The fraction of sp³-hybridized carbons (Fsp3) is 0. The molecule has 3 N–H and O–H groups in total. The topological polar surface area (TPSA) is 50.9 Å². The molecule has 2 aromatic carbocycles. The van der Waals surface area contributed by atoms with Crippen molar-refractivity contribution in [2.45, 2.75) is 0 Å². The Hall–Kier alpha value is -1.40. The molecule has 0 aliphatic heterocycles. The summed E-state index contributed by atoms with van der Waals surface area (Å²) in [5.74, 6) is 0. The molecule has 0 atom stereocenters. The molecule has 0 fully saturated rings. The van der Waals surface area contributed by atoms with Crippen molar-refractivity contribution in [2.75, 3.05) is 5.32 Å². The Kier molecular flexibility index (Phi) is 3.99. The number of halogens is 2. The van der Waals surface area contributed by atoms with Gasteiger partial charge < -0.3 is 11.1 Å². The fourth-order valence-electron chi connectivity index (χ4n) is 1.90. The predicted octanol–water partition coefficient (Wildman–Crippen LogP) is 4.98. The number of fused-ring (bicyclic) bond motifs is 1. The number of nitrogens with one attached hydrogen (secondary N) is 1. The van der Waals surface area contributed by atoms with E-state index in [-0.39, 0.29) is 0 Å². The van der Waals surface area contributed by atoms with Crippen molar-refractivity contribution in [1.82, 2.24) is 4.98 Å². The van der Waals surface area contributed by atoms with Crippen LogP contribution in [0.5, 0.6) is 0 Å². The SMILES string of the molecule is NC(=S)c1ccc(Cl)cc1Nc1nc2ccc(Cl)cc2s1. The van der Waals surface area contributed by atoms with Crippen LogP contribution in [0.3, 0.4) is 0 Å². The number of anilines is 2. The van der Waals surface area contributed by atoms with Crippen LogP contribution in [0.2, 0.25) is 10.0 Å². The van der Waals surface area contributed by atoms with Gasteiger partial charge in [-0.2, -0.15) is 0 Å². The Bertz CT molecular complexity index is 845. The molecule has 0 amide bonds. The summed E-state index contributed by atoms with van der Waals surface area (Å²) in [6, 6.07) is 10.9. The molecule has 3 rings (SSSR count). The van der Waals surface area contributed by atoms with Gasteiger partial charge >= 0.3 is 0 Å². The predicted molar refractivity (Wildman–Crippen MR) is 95.3 cm³/mol. The van der Waals surface area contributed by atoms with Gasteiger partial charge in [-0.05, 0) is 36.4 Å². The minimum atomic E-state index is 0.304. The standard InChI is InChI=1S/C14H9Cl2N3S2/c15-7-1-3-9(13(17)20)11(5-7)19-14-18-10-4-2-8(16)6-12(10)21-14/h1-6H,(H2,17,20)(H,18,19). The lowest BCUT2D eigenvalue weighted by Crippen LogP contribution is -2.11. The number of thiazole rings is 1. The number of hydrogen-bond acceptors (Lipinski definition) is 4. The van der Waals surface area contributed by atoms with Crippen LogP contribution < -0.4 is 11.1 Å². The number of aromatic nitrogens is 1. The van der Waals surface area contributed by atoms with Gasteiger partial charge in [0.15, 0.2) is 5.13 Å². The lowest BCUT2D eigenvalue weighted by Gasteiger charge is -2.09. The molecule has 3 nitrogen and oxygen atoms in total. The highest BCUT2D eigenvalue weighted by molar-refractivity contribution is 7.80. The van der Waals surface area contributed by atoms with Crippen LogP contribution in [-0.4, -0.2) is 9.97 Å². The lowest BCUT2D eigenvalue weighted by molar-refractivity contribution is 1.44. The Morgan fingerprint density at radius 2 is 1.86 bits per heavy atom. The van der Waals surface area contributed by atoms with Crippen molar-refractivity contribution < 1.29 is 0 Å². The molecule has 1 aromatic heterocycles. The summed E-state index contributed by atoms with van der Waals surface area (Å²) in [5, 5.41) is 5.23. The Balaban J connectivity index is 2.02. The number of thiocarbonyl (C=S) groups is 1. The molecular weight excluding hydrogens is 345 g/mol. The summed E-state index contributed by atoms with van der Waals surface area (Å²) in [6.07, 6.45) is 0. The molecular formula is C14H9Cl2N3S2. The molecule has 0 saturated carbocycles.